The number of likely N-dealkylation sites (tertiary alicyclic amines) is 1. The van der Waals surface area contributed by atoms with Crippen molar-refractivity contribution >= 4 is 21.8 Å². The number of piperidine rings is 1. The highest BCUT2D eigenvalue weighted by Crippen LogP contribution is 2.28. The summed E-state index contributed by atoms with van der Waals surface area (Å²) in [5.74, 6) is 1.10. The maximum atomic E-state index is 12.5. The smallest absolute Gasteiger partial charge is 0.255 e. The largest absolute Gasteiger partial charge is 0.438 e. The number of hydrogen-bond acceptors (Lipinski definition) is 4. The van der Waals surface area contributed by atoms with Gasteiger partial charge in [-0.25, -0.2) is 4.98 Å². The maximum Gasteiger partial charge on any atom is 0.255 e. The molecule has 1 amide bonds. The molecule has 120 valence electrons. The molecule has 1 saturated heterocycles. The van der Waals surface area contributed by atoms with Gasteiger partial charge in [-0.2, -0.15) is 0 Å². The third-order valence-electron chi connectivity index (χ3n) is 3.78. The van der Waals surface area contributed by atoms with Crippen LogP contribution >= 0.6 is 15.9 Å². The Morgan fingerprint density at radius 1 is 1.30 bits per heavy atom. The molecule has 2 aromatic rings. The summed E-state index contributed by atoms with van der Waals surface area (Å²) in [4.78, 5) is 18.5. The van der Waals surface area contributed by atoms with Crippen molar-refractivity contribution in [1.29, 1.82) is 0 Å². The van der Waals surface area contributed by atoms with Crippen molar-refractivity contribution in [2.24, 2.45) is 5.73 Å². The molecule has 2 N–H and O–H groups in total. The van der Waals surface area contributed by atoms with E-state index in [1.165, 1.54) is 0 Å². The van der Waals surface area contributed by atoms with E-state index >= 15 is 0 Å². The predicted molar refractivity (Wildman–Crippen MR) is 91.6 cm³/mol. The molecule has 1 aliphatic heterocycles. The first-order valence-corrected chi connectivity index (χ1v) is 8.36. The first-order valence-electron chi connectivity index (χ1n) is 7.57. The van der Waals surface area contributed by atoms with Gasteiger partial charge in [-0.3, -0.25) is 4.79 Å². The Bertz CT molecular complexity index is 690. The van der Waals surface area contributed by atoms with Crippen LogP contribution in [0.4, 0.5) is 0 Å². The molecule has 2 heterocycles. The Balaban J connectivity index is 1.69. The van der Waals surface area contributed by atoms with Crippen LogP contribution in [0.2, 0.25) is 0 Å². The minimum absolute atomic E-state index is 0.0277. The molecule has 1 fully saturated rings. The molecule has 1 aromatic heterocycles. The predicted octanol–water partition coefficient (Wildman–Crippen LogP) is 3.20. The Morgan fingerprint density at radius 2 is 2.13 bits per heavy atom. The van der Waals surface area contributed by atoms with E-state index in [-0.39, 0.29) is 11.9 Å². The van der Waals surface area contributed by atoms with Crippen LogP contribution in [-0.4, -0.2) is 34.9 Å². The zero-order valence-electron chi connectivity index (χ0n) is 12.6. The van der Waals surface area contributed by atoms with E-state index in [0.717, 1.165) is 23.9 Å². The van der Waals surface area contributed by atoms with E-state index < -0.39 is 0 Å². The van der Waals surface area contributed by atoms with Crippen LogP contribution in [0.25, 0.3) is 0 Å². The lowest BCUT2D eigenvalue weighted by molar-refractivity contribution is 0.0708. The Kier molecular flexibility index (Phi) is 4.93. The van der Waals surface area contributed by atoms with Crippen molar-refractivity contribution in [2.45, 2.75) is 18.9 Å². The van der Waals surface area contributed by atoms with E-state index in [1.807, 2.05) is 24.3 Å². The van der Waals surface area contributed by atoms with Gasteiger partial charge in [-0.15, -0.1) is 0 Å². The Labute approximate surface area is 143 Å². The van der Waals surface area contributed by atoms with Crippen LogP contribution in [-0.2, 0) is 0 Å². The lowest BCUT2D eigenvalue weighted by Gasteiger charge is -2.30. The quantitative estimate of drug-likeness (QED) is 0.893. The summed E-state index contributed by atoms with van der Waals surface area (Å²) >= 11 is 3.42. The molecular weight excluding hydrogens is 358 g/mol. The van der Waals surface area contributed by atoms with E-state index in [4.69, 9.17) is 10.5 Å². The zero-order valence-corrected chi connectivity index (χ0v) is 14.2. The Hall–Kier alpha value is -1.92. The summed E-state index contributed by atoms with van der Waals surface area (Å²) < 4.78 is 6.55. The molecular formula is C17H18BrN3O2. The molecule has 3 rings (SSSR count). The van der Waals surface area contributed by atoms with Gasteiger partial charge in [0.05, 0.1) is 10.0 Å². The van der Waals surface area contributed by atoms with Gasteiger partial charge in [-0.1, -0.05) is 12.1 Å². The van der Waals surface area contributed by atoms with Crippen LogP contribution in [0.15, 0.2) is 47.1 Å². The second kappa shape index (κ2) is 7.10. The van der Waals surface area contributed by atoms with Crippen molar-refractivity contribution in [3.05, 3.63) is 52.6 Å². The number of nitrogens with two attached hydrogens (primary N) is 1. The average molecular weight is 376 g/mol. The summed E-state index contributed by atoms with van der Waals surface area (Å²) in [7, 11) is 0. The first-order chi connectivity index (χ1) is 11.1. The van der Waals surface area contributed by atoms with Gasteiger partial charge in [0.25, 0.3) is 5.91 Å². The van der Waals surface area contributed by atoms with Crippen molar-refractivity contribution < 1.29 is 9.53 Å². The van der Waals surface area contributed by atoms with Crippen molar-refractivity contribution in [2.75, 3.05) is 13.1 Å². The highest BCUT2D eigenvalue weighted by molar-refractivity contribution is 9.10. The fourth-order valence-electron chi connectivity index (χ4n) is 2.58. The average Bonchev–Trinajstić information content (AvgIpc) is 2.57. The third-order valence-corrected chi connectivity index (χ3v) is 4.43. The zero-order chi connectivity index (χ0) is 16.2. The molecule has 0 spiro atoms. The van der Waals surface area contributed by atoms with Crippen molar-refractivity contribution in [3.63, 3.8) is 0 Å². The van der Waals surface area contributed by atoms with Crippen molar-refractivity contribution in [1.82, 2.24) is 9.88 Å². The monoisotopic (exact) mass is 375 g/mol. The van der Waals surface area contributed by atoms with E-state index in [2.05, 4.69) is 20.9 Å². The lowest BCUT2D eigenvalue weighted by Crippen LogP contribution is -2.45. The normalized spacial score (nSPS) is 17.8. The molecule has 0 aliphatic carbocycles. The molecule has 1 aliphatic rings. The topological polar surface area (TPSA) is 68.5 Å². The first kappa shape index (κ1) is 16.0. The standard InChI is InChI=1S/C17H18BrN3O2/c18-14-5-1-2-6-15(14)23-16-8-7-12(10-20-16)17(22)21-9-3-4-13(19)11-21/h1-2,5-8,10,13H,3-4,9,11,19H2/t13-/m0/s1. The van der Waals surface area contributed by atoms with Crippen LogP contribution in [0.3, 0.4) is 0 Å². The van der Waals surface area contributed by atoms with Gasteiger partial charge in [0.15, 0.2) is 0 Å². The number of nitrogens with zero attached hydrogens (tertiary/aromatic N) is 2. The lowest BCUT2D eigenvalue weighted by atomic mass is 10.1. The number of rotatable bonds is 3. The number of aromatic nitrogens is 1. The molecule has 5 nitrogen and oxygen atoms in total. The minimum Gasteiger partial charge on any atom is -0.438 e. The SMILES string of the molecule is N[C@H]1CCCN(C(=O)c2ccc(Oc3ccccc3Br)nc2)C1. The van der Waals surface area contributed by atoms with Crippen LogP contribution < -0.4 is 10.5 Å². The number of ether oxygens (including phenoxy) is 1. The molecule has 0 unspecified atom stereocenters. The number of pyridine rings is 1. The highest BCUT2D eigenvalue weighted by atomic mass is 79.9. The van der Waals surface area contributed by atoms with Crippen molar-refractivity contribution in [3.8, 4) is 11.6 Å². The summed E-state index contributed by atoms with van der Waals surface area (Å²) in [5.41, 5.74) is 6.49. The second-order valence-electron chi connectivity index (χ2n) is 5.57. The van der Waals surface area contributed by atoms with Crippen LogP contribution in [0.1, 0.15) is 23.2 Å². The molecule has 0 saturated carbocycles. The number of carbonyl (C=O) groups is 1. The fourth-order valence-corrected chi connectivity index (χ4v) is 2.95. The van der Waals surface area contributed by atoms with E-state index in [9.17, 15) is 4.79 Å². The van der Waals surface area contributed by atoms with Crippen LogP contribution in [0, 0.1) is 0 Å². The Morgan fingerprint density at radius 3 is 2.83 bits per heavy atom. The third kappa shape index (κ3) is 3.89. The van der Waals surface area contributed by atoms with Gasteiger partial charge >= 0.3 is 0 Å². The summed E-state index contributed by atoms with van der Waals surface area (Å²) in [6.07, 6.45) is 3.47. The van der Waals surface area contributed by atoms with Gasteiger partial charge < -0.3 is 15.4 Å². The van der Waals surface area contributed by atoms with E-state index in [0.29, 0.717) is 23.7 Å². The number of halogens is 1. The number of carbonyl (C=O) groups excluding carboxylic acids is 1. The van der Waals surface area contributed by atoms with Gasteiger partial charge in [0.1, 0.15) is 5.75 Å². The molecule has 0 radical (unpaired) electrons. The second-order valence-corrected chi connectivity index (χ2v) is 6.43. The maximum absolute atomic E-state index is 12.5. The molecule has 23 heavy (non-hydrogen) atoms. The fraction of sp³-hybridized carbons (Fsp3) is 0.294. The van der Waals surface area contributed by atoms with Crippen LogP contribution in [0.5, 0.6) is 11.6 Å². The number of hydrogen-bond donors (Lipinski definition) is 1. The molecule has 1 aromatic carbocycles. The highest BCUT2D eigenvalue weighted by Gasteiger charge is 2.22. The molecule has 1 atom stereocenters. The summed E-state index contributed by atoms with van der Waals surface area (Å²) in [6.45, 7) is 1.36. The molecule has 6 heteroatoms. The number of benzene rings is 1. The van der Waals surface area contributed by atoms with Gasteiger partial charge in [0.2, 0.25) is 5.88 Å². The summed E-state index contributed by atoms with van der Waals surface area (Å²) in [6, 6.07) is 11.1. The minimum atomic E-state index is -0.0277. The van der Waals surface area contributed by atoms with Gasteiger partial charge in [-0.05, 0) is 47.0 Å². The van der Waals surface area contributed by atoms with Gasteiger partial charge in [0, 0.05) is 31.4 Å². The summed E-state index contributed by atoms with van der Waals surface area (Å²) in [5, 5.41) is 0. The number of amides is 1. The number of para-hydroxylation sites is 1. The van der Waals surface area contributed by atoms with E-state index in [1.54, 1.807) is 23.2 Å². The molecule has 0 bridgehead atoms.